The molecule has 0 saturated heterocycles. The molecule has 0 heterocycles. The van der Waals surface area contributed by atoms with Crippen LogP contribution in [0.4, 0.5) is 0 Å². The second kappa shape index (κ2) is 7.66. The quantitative estimate of drug-likeness (QED) is 0.660. The normalized spacial score (nSPS) is 13.7. The molecule has 0 aromatic heterocycles. The Kier molecular flexibility index (Phi) is 7.38. The summed E-state index contributed by atoms with van der Waals surface area (Å²) in [5.74, 6) is -0.371. The van der Waals surface area contributed by atoms with E-state index in [1.54, 1.807) is 6.92 Å². The van der Waals surface area contributed by atoms with Crippen molar-refractivity contribution >= 4 is 15.7 Å². The zero-order valence-electron chi connectivity index (χ0n) is 10.9. The van der Waals surface area contributed by atoms with Crippen molar-refractivity contribution in [2.45, 2.75) is 38.9 Å². The molecule has 1 atom stereocenters. The van der Waals surface area contributed by atoms with Crippen molar-refractivity contribution < 1.29 is 13.2 Å². The molecule has 0 aromatic carbocycles. The Balaban J connectivity index is 4.10. The maximum Gasteiger partial charge on any atom is 0.235 e. The molecule has 0 aliphatic carbocycles. The number of nitrogens with two attached hydrogens (primary N) is 1. The van der Waals surface area contributed by atoms with E-state index in [-0.39, 0.29) is 0 Å². The van der Waals surface area contributed by atoms with E-state index in [2.05, 4.69) is 5.32 Å². The summed E-state index contributed by atoms with van der Waals surface area (Å²) < 4.78 is 23.4. The van der Waals surface area contributed by atoms with E-state index in [1.165, 1.54) is 0 Å². The Morgan fingerprint density at radius 2 is 1.82 bits per heavy atom. The van der Waals surface area contributed by atoms with Gasteiger partial charge in [0.25, 0.3) is 0 Å². The minimum absolute atomic E-state index is 0.315. The number of hydrogen-bond acceptors (Lipinski definition) is 4. The molecule has 1 unspecified atom stereocenters. The van der Waals surface area contributed by atoms with Crippen molar-refractivity contribution in [3.8, 4) is 0 Å². The van der Waals surface area contributed by atoms with Gasteiger partial charge in [-0.05, 0) is 32.2 Å². The van der Waals surface area contributed by atoms with Gasteiger partial charge in [-0.25, -0.2) is 8.42 Å². The molecular weight excluding hydrogens is 240 g/mol. The summed E-state index contributed by atoms with van der Waals surface area (Å²) in [4.78, 5) is 11.4. The fraction of sp³-hybridized carbons (Fsp3) is 0.909. The van der Waals surface area contributed by atoms with Crippen LogP contribution in [0.2, 0.25) is 0 Å². The van der Waals surface area contributed by atoms with Crippen LogP contribution in [0, 0.1) is 5.92 Å². The van der Waals surface area contributed by atoms with E-state index in [9.17, 15) is 13.2 Å². The van der Waals surface area contributed by atoms with Crippen LogP contribution in [0.3, 0.4) is 0 Å². The number of rotatable bonds is 8. The van der Waals surface area contributed by atoms with Gasteiger partial charge in [0.15, 0.2) is 9.84 Å². The van der Waals surface area contributed by atoms with E-state index in [0.717, 1.165) is 6.42 Å². The predicted octanol–water partition coefficient (Wildman–Crippen LogP) is 0.301. The summed E-state index contributed by atoms with van der Waals surface area (Å²) in [5, 5.41) is 2.07. The molecule has 5 nitrogen and oxygen atoms in total. The second-order valence-corrected chi connectivity index (χ2v) is 7.15. The SMILES string of the molecule is CC(C)CCNC(=O)CS(=O)(=O)C(C)CCN. The van der Waals surface area contributed by atoms with Crippen molar-refractivity contribution in [3.05, 3.63) is 0 Å². The molecule has 0 aromatic rings. The lowest BCUT2D eigenvalue weighted by Crippen LogP contribution is -2.35. The topological polar surface area (TPSA) is 89.3 Å². The zero-order valence-corrected chi connectivity index (χ0v) is 11.7. The Morgan fingerprint density at radius 3 is 2.29 bits per heavy atom. The van der Waals surface area contributed by atoms with Crippen molar-refractivity contribution in [2.75, 3.05) is 18.8 Å². The first kappa shape index (κ1) is 16.4. The zero-order chi connectivity index (χ0) is 13.5. The standard InChI is InChI=1S/C11H24N2O3S/c1-9(2)5-7-13-11(14)8-17(15,16)10(3)4-6-12/h9-10H,4-8,12H2,1-3H3,(H,13,14). The lowest BCUT2D eigenvalue weighted by atomic mass is 10.1. The van der Waals surface area contributed by atoms with Gasteiger partial charge in [0, 0.05) is 6.54 Å². The highest BCUT2D eigenvalue weighted by molar-refractivity contribution is 7.92. The van der Waals surface area contributed by atoms with Gasteiger partial charge in [-0.15, -0.1) is 0 Å². The summed E-state index contributed by atoms with van der Waals surface area (Å²) in [6.45, 7) is 6.52. The van der Waals surface area contributed by atoms with Gasteiger partial charge >= 0.3 is 0 Å². The number of amides is 1. The fourth-order valence-corrected chi connectivity index (χ4v) is 2.54. The third kappa shape index (κ3) is 7.33. The molecule has 17 heavy (non-hydrogen) atoms. The molecule has 0 bridgehead atoms. The summed E-state index contributed by atoms with van der Waals surface area (Å²) in [6.07, 6.45) is 1.24. The lowest BCUT2D eigenvalue weighted by Gasteiger charge is -2.12. The van der Waals surface area contributed by atoms with Crippen molar-refractivity contribution in [1.82, 2.24) is 5.32 Å². The summed E-state index contributed by atoms with van der Waals surface area (Å²) in [7, 11) is -3.36. The smallest absolute Gasteiger partial charge is 0.235 e. The molecular formula is C11H24N2O3S. The molecule has 6 heteroatoms. The minimum Gasteiger partial charge on any atom is -0.355 e. The van der Waals surface area contributed by atoms with Crippen molar-refractivity contribution in [2.24, 2.45) is 11.7 Å². The Bertz CT molecular complexity index is 326. The Hall–Kier alpha value is -0.620. The van der Waals surface area contributed by atoms with E-state index in [4.69, 9.17) is 5.73 Å². The second-order valence-electron chi connectivity index (χ2n) is 4.73. The van der Waals surface area contributed by atoms with Gasteiger partial charge < -0.3 is 11.1 Å². The number of hydrogen-bond donors (Lipinski definition) is 2. The number of sulfone groups is 1. The Labute approximate surface area is 104 Å². The largest absolute Gasteiger partial charge is 0.355 e. The third-order valence-corrected chi connectivity index (χ3v) is 4.69. The number of nitrogens with one attached hydrogen (secondary N) is 1. The van der Waals surface area contributed by atoms with E-state index in [1.807, 2.05) is 13.8 Å². The molecule has 1 amide bonds. The van der Waals surface area contributed by atoms with Crippen LogP contribution in [-0.4, -0.2) is 38.4 Å². The van der Waals surface area contributed by atoms with Gasteiger partial charge in [-0.2, -0.15) is 0 Å². The number of carbonyl (C=O) groups excluding carboxylic acids is 1. The van der Waals surface area contributed by atoms with E-state index in [0.29, 0.717) is 25.4 Å². The highest BCUT2D eigenvalue weighted by atomic mass is 32.2. The fourth-order valence-electron chi connectivity index (χ4n) is 1.29. The summed E-state index contributed by atoms with van der Waals surface area (Å²) in [6, 6.07) is 0. The summed E-state index contributed by atoms with van der Waals surface area (Å²) in [5.41, 5.74) is 5.31. The van der Waals surface area contributed by atoms with Crippen LogP contribution in [0.1, 0.15) is 33.6 Å². The lowest BCUT2D eigenvalue weighted by molar-refractivity contribution is -0.118. The molecule has 0 radical (unpaired) electrons. The summed E-state index contributed by atoms with van der Waals surface area (Å²) >= 11 is 0. The maximum atomic E-state index is 11.7. The molecule has 0 aliphatic heterocycles. The predicted molar refractivity (Wildman–Crippen MR) is 69.4 cm³/mol. The highest BCUT2D eigenvalue weighted by Gasteiger charge is 2.23. The molecule has 0 spiro atoms. The minimum atomic E-state index is -3.36. The molecule has 0 rings (SSSR count). The first-order chi connectivity index (χ1) is 7.79. The van der Waals surface area contributed by atoms with Crippen molar-refractivity contribution in [1.29, 1.82) is 0 Å². The molecule has 0 saturated carbocycles. The van der Waals surface area contributed by atoms with Gasteiger partial charge in [0.2, 0.25) is 5.91 Å². The van der Waals surface area contributed by atoms with E-state index >= 15 is 0 Å². The monoisotopic (exact) mass is 264 g/mol. The van der Waals surface area contributed by atoms with E-state index < -0.39 is 26.7 Å². The first-order valence-electron chi connectivity index (χ1n) is 5.98. The van der Waals surface area contributed by atoms with Gasteiger partial charge in [0.05, 0.1) is 5.25 Å². The van der Waals surface area contributed by atoms with Crippen LogP contribution >= 0.6 is 0 Å². The van der Waals surface area contributed by atoms with Crippen LogP contribution in [0.15, 0.2) is 0 Å². The molecule has 0 aliphatic rings. The number of carbonyl (C=O) groups is 1. The van der Waals surface area contributed by atoms with Crippen LogP contribution in [-0.2, 0) is 14.6 Å². The van der Waals surface area contributed by atoms with Gasteiger partial charge in [-0.3, -0.25) is 4.79 Å². The maximum absolute atomic E-state index is 11.7. The molecule has 0 fully saturated rings. The van der Waals surface area contributed by atoms with Crippen LogP contribution < -0.4 is 11.1 Å². The highest BCUT2D eigenvalue weighted by Crippen LogP contribution is 2.05. The third-order valence-electron chi connectivity index (χ3n) is 2.56. The molecule has 3 N–H and O–H groups in total. The Morgan fingerprint density at radius 1 is 1.24 bits per heavy atom. The molecule has 102 valence electrons. The average Bonchev–Trinajstić information content (AvgIpc) is 2.16. The van der Waals surface area contributed by atoms with Crippen LogP contribution in [0.5, 0.6) is 0 Å². The van der Waals surface area contributed by atoms with Crippen LogP contribution in [0.25, 0.3) is 0 Å². The van der Waals surface area contributed by atoms with Gasteiger partial charge in [0.1, 0.15) is 5.75 Å². The first-order valence-corrected chi connectivity index (χ1v) is 7.69. The average molecular weight is 264 g/mol. The van der Waals surface area contributed by atoms with Gasteiger partial charge in [-0.1, -0.05) is 13.8 Å². The van der Waals surface area contributed by atoms with Crippen molar-refractivity contribution in [3.63, 3.8) is 0 Å².